The molecule has 6 nitrogen and oxygen atoms in total. The van der Waals surface area contributed by atoms with Gasteiger partial charge < -0.3 is 19.4 Å². The molecule has 2 heterocycles. The number of rotatable bonds is 2. The lowest BCUT2D eigenvalue weighted by molar-refractivity contribution is 0.0600. The van der Waals surface area contributed by atoms with Gasteiger partial charge in [-0.25, -0.2) is 9.78 Å². The van der Waals surface area contributed by atoms with Crippen molar-refractivity contribution in [3.05, 3.63) is 53.6 Å². The van der Waals surface area contributed by atoms with E-state index in [1.54, 1.807) is 12.1 Å². The third-order valence-electron chi connectivity index (χ3n) is 4.14. The van der Waals surface area contributed by atoms with Gasteiger partial charge in [-0.3, -0.25) is 0 Å². The van der Waals surface area contributed by atoms with Gasteiger partial charge in [0.25, 0.3) is 0 Å². The molecule has 0 saturated heterocycles. The molecule has 6 heteroatoms. The van der Waals surface area contributed by atoms with E-state index in [-0.39, 0.29) is 5.97 Å². The number of nitrogens with one attached hydrogen (secondary N) is 1. The average Bonchev–Trinajstić information content (AvgIpc) is 2.93. The molecule has 1 aromatic heterocycles. The molecule has 1 aliphatic rings. The van der Waals surface area contributed by atoms with Gasteiger partial charge in [0, 0.05) is 12.1 Å². The summed E-state index contributed by atoms with van der Waals surface area (Å²) < 4.78 is 10.6. The molecule has 0 aliphatic carbocycles. The molecular formula is C18H17N3O3. The Hall–Kier alpha value is -3.02. The summed E-state index contributed by atoms with van der Waals surface area (Å²) in [6, 6.07) is 13.4. The molecule has 0 spiro atoms. The minimum Gasteiger partial charge on any atom is -0.491 e. The molecule has 0 saturated carbocycles. The number of carbonyl (C=O) groups is 1. The molecular weight excluding hydrogens is 306 g/mol. The number of nitrogens with zero attached hydrogens (tertiary/aromatic N) is 2. The second-order valence-electron chi connectivity index (χ2n) is 5.66. The van der Waals surface area contributed by atoms with E-state index < -0.39 is 0 Å². The van der Waals surface area contributed by atoms with Gasteiger partial charge in [-0.05, 0) is 24.3 Å². The van der Waals surface area contributed by atoms with Gasteiger partial charge in [0.1, 0.15) is 12.4 Å². The number of benzene rings is 2. The first-order valence-electron chi connectivity index (χ1n) is 7.78. The summed E-state index contributed by atoms with van der Waals surface area (Å²) in [5.74, 6) is 1.18. The zero-order valence-corrected chi connectivity index (χ0v) is 13.3. The van der Waals surface area contributed by atoms with Crippen LogP contribution in [0.3, 0.4) is 0 Å². The lowest BCUT2D eigenvalue weighted by Crippen LogP contribution is -2.26. The van der Waals surface area contributed by atoms with Crippen LogP contribution in [0.15, 0.2) is 42.5 Å². The first kappa shape index (κ1) is 14.6. The van der Waals surface area contributed by atoms with Crippen molar-refractivity contribution in [3.63, 3.8) is 0 Å². The molecule has 0 unspecified atom stereocenters. The Morgan fingerprint density at radius 2 is 2.17 bits per heavy atom. The fourth-order valence-corrected chi connectivity index (χ4v) is 2.88. The van der Waals surface area contributed by atoms with Crippen LogP contribution < -0.4 is 9.64 Å². The molecule has 4 rings (SSSR count). The third kappa shape index (κ3) is 2.56. The molecule has 3 aromatic rings. The monoisotopic (exact) mass is 323 g/mol. The summed E-state index contributed by atoms with van der Waals surface area (Å²) >= 11 is 0. The number of fused-ring (bicyclic) bond motifs is 2. The lowest BCUT2D eigenvalue weighted by atomic mass is 10.1. The first-order valence-corrected chi connectivity index (χ1v) is 7.78. The van der Waals surface area contributed by atoms with Crippen LogP contribution in [0, 0.1) is 0 Å². The van der Waals surface area contributed by atoms with Crippen molar-refractivity contribution in [2.24, 2.45) is 0 Å². The van der Waals surface area contributed by atoms with Crippen LogP contribution in [-0.4, -0.2) is 36.2 Å². The summed E-state index contributed by atoms with van der Waals surface area (Å²) in [5.41, 5.74) is 3.46. The molecule has 0 radical (unpaired) electrons. The zero-order chi connectivity index (χ0) is 16.5. The summed E-state index contributed by atoms with van der Waals surface area (Å²) in [6.45, 7) is 1.90. The van der Waals surface area contributed by atoms with Crippen LogP contribution >= 0.6 is 0 Å². The number of para-hydroxylation sites is 2. The molecule has 0 bridgehead atoms. The molecule has 122 valence electrons. The standard InChI is InChI=1S/C18H17N3O3/c1-23-17(22)12-6-7-13-11-21(8-9-24-16(13)10-12)18-19-14-4-2-3-5-15(14)20-18/h2-7,10H,8-9,11H2,1H3,(H,19,20). The van der Waals surface area contributed by atoms with E-state index >= 15 is 0 Å². The fourth-order valence-electron chi connectivity index (χ4n) is 2.88. The normalized spacial score (nSPS) is 14.0. The summed E-state index contributed by atoms with van der Waals surface area (Å²) in [5, 5.41) is 0. The van der Waals surface area contributed by atoms with Gasteiger partial charge in [0.05, 0.1) is 30.3 Å². The third-order valence-corrected chi connectivity index (χ3v) is 4.14. The van der Waals surface area contributed by atoms with Crippen molar-refractivity contribution < 1.29 is 14.3 Å². The van der Waals surface area contributed by atoms with Crippen molar-refractivity contribution in [3.8, 4) is 5.75 Å². The number of hydrogen-bond acceptors (Lipinski definition) is 5. The van der Waals surface area contributed by atoms with Crippen molar-refractivity contribution in [1.29, 1.82) is 0 Å². The first-order chi connectivity index (χ1) is 11.7. The summed E-state index contributed by atoms with van der Waals surface area (Å²) in [4.78, 5) is 21.8. The Bertz CT molecular complexity index is 870. The molecule has 0 fully saturated rings. The van der Waals surface area contributed by atoms with Crippen molar-refractivity contribution in [2.45, 2.75) is 6.54 Å². The number of anilines is 1. The second-order valence-corrected chi connectivity index (χ2v) is 5.66. The quantitative estimate of drug-likeness (QED) is 0.735. The van der Waals surface area contributed by atoms with Crippen LogP contribution in [0.25, 0.3) is 11.0 Å². The van der Waals surface area contributed by atoms with Gasteiger partial charge in [-0.1, -0.05) is 18.2 Å². The highest BCUT2D eigenvalue weighted by Gasteiger charge is 2.19. The Kier molecular flexibility index (Phi) is 3.57. The Morgan fingerprint density at radius 3 is 3.00 bits per heavy atom. The van der Waals surface area contributed by atoms with E-state index in [4.69, 9.17) is 9.47 Å². The van der Waals surface area contributed by atoms with E-state index in [2.05, 4.69) is 14.9 Å². The highest BCUT2D eigenvalue weighted by atomic mass is 16.5. The number of esters is 1. The van der Waals surface area contributed by atoms with Crippen molar-refractivity contribution >= 4 is 23.0 Å². The van der Waals surface area contributed by atoms with E-state index in [1.165, 1.54) is 7.11 Å². The van der Waals surface area contributed by atoms with E-state index in [9.17, 15) is 4.79 Å². The van der Waals surface area contributed by atoms with E-state index in [1.807, 2.05) is 30.3 Å². The van der Waals surface area contributed by atoms with Crippen molar-refractivity contribution in [1.82, 2.24) is 9.97 Å². The molecule has 1 aliphatic heterocycles. The van der Waals surface area contributed by atoms with Gasteiger partial charge in [0.2, 0.25) is 5.95 Å². The summed E-state index contributed by atoms with van der Waals surface area (Å²) in [7, 11) is 1.37. The summed E-state index contributed by atoms with van der Waals surface area (Å²) in [6.07, 6.45) is 0. The van der Waals surface area contributed by atoms with Gasteiger partial charge in [-0.2, -0.15) is 0 Å². The predicted octanol–water partition coefficient (Wildman–Crippen LogP) is 2.75. The number of ether oxygens (including phenoxy) is 2. The predicted molar refractivity (Wildman–Crippen MR) is 90.4 cm³/mol. The maximum atomic E-state index is 11.7. The highest BCUT2D eigenvalue weighted by Crippen LogP contribution is 2.27. The maximum Gasteiger partial charge on any atom is 0.337 e. The number of methoxy groups -OCH3 is 1. The molecule has 24 heavy (non-hydrogen) atoms. The minimum atomic E-state index is -0.361. The SMILES string of the molecule is COC(=O)c1ccc2c(c1)OCCN(c1nc3ccccc3[nH]1)C2. The Labute approximate surface area is 139 Å². The van der Waals surface area contributed by atoms with Crippen LogP contribution in [0.4, 0.5) is 5.95 Å². The van der Waals surface area contributed by atoms with Crippen LogP contribution in [0.2, 0.25) is 0 Å². The molecule has 0 amide bonds. The van der Waals surface area contributed by atoms with E-state index in [0.717, 1.165) is 28.3 Å². The smallest absolute Gasteiger partial charge is 0.337 e. The number of carbonyl (C=O) groups excluding carboxylic acids is 1. The number of hydrogen-bond donors (Lipinski definition) is 1. The van der Waals surface area contributed by atoms with Crippen LogP contribution in [-0.2, 0) is 11.3 Å². The highest BCUT2D eigenvalue weighted by molar-refractivity contribution is 5.90. The number of imidazole rings is 1. The largest absolute Gasteiger partial charge is 0.491 e. The molecule has 2 aromatic carbocycles. The minimum absolute atomic E-state index is 0.361. The Balaban J connectivity index is 1.65. The average molecular weight is 323 g/mol. The second kappa shape index (κ2) is 5.88. The zero-order valence-electron chi connectivity index (χ0n) is 13.3. The van der Waals surface area contributed by atoms with Crippen LogP contribution in [0.5, 0.6) is 5.75 Å². The topological polar surface area (TPSA) is 67.5 Å². The molecule has 1 N–H and O–H groups in total. The number of aromatic amines is 1. The Morgan fingerprint density at radius 1 is 1.29 bits per heavy atom. The van der Waals surface area contributed by atoms with Crippen molar-refractivity contribution in [2.75, 3.05) is 25.2 Å². The van der Waals surface area contributed by atoms with Gasteiger partial charge >= 0.3 is 5.97 Å². The van der Waals surface area contributed by atoms with Gasteiger partial charge in [0.15, 0.2) is 0 Å². The fraction of sp³-hybridized carbons (Fsp3) is 0.222. The maximum absolute atomic E-state index is 11.7. The van der Waals surface area contributed by atoms with Crippen LogP contribution in [0.1, 0.15) is 15.9 Å². The van der Waals surface area contributed by atoms with Gasteiger partial charge in [-0.15, -0.1) is 0 Å². The number of aromatic nitrogens is 2. The lowest BCUT2D eigenvalue weighted by Gasteiger charge is -2.18. The molecule has 0 atom stereocenters. The number of H-pyrrole nitrogens is 1. The van der Waals surface area contributed by atoms with E-state index in [0.29, 0.717) is 25.3 Å².